The zero-order chi connectivity index (χ0) is 14.6. The van der Waals surface area contributed by atoms with Gasteiger partial charge in [-0.2, -0.15) is 0 Å². The first-order valence-corrected chi connectivity index (χ1v) is 5.06. The summed E-state index contributed by atoms with van der Waals surface area (Å²) in [5.41, 5.74) is 3.92. The van der Waals surface area contributed by atoms with Crippen LogP contribution in [0.2, 0.25) is 0 Å². The van der Waals surface area contributed by atoms with Crippen LogP contribution in [-0.2, 0) is 9.59 Å². The summed E-state index contributed by atoms with van der Waals surface area (Å²) < 4.78 is 26.8. The molecule has 0 bridgehead atoms. The van der Waals surface area contributed by atoms with Crippen LogP contribution in [0, 0.1) is 11.6 Å². The monoisotopic (exact) mass is 272 g/mol. The third-order valence-electron chi connectivity index (χ3n) is 2.14. The Bertz CT molecular complexity index is 497. The van der Waals surface area contributed by atoms with Gasteiger partial charge in [0.1, 0.15) is 30.3 Å². The molecule has 0 saturated carbocycles. The topological polar surface area (TPSA) is 101 Å². The number of halogens is 2. The number of nitrogens with zero attached hydrogens (tertiary/aromatic N) is 1. The van der Waals surface area contributed by atoms with Crippen molar-refractivity contribution in [2.24, 2.45) is 5.73 Å². The highest BCUT2D eigenvalue weighted by atomic mass is 19.1. The number of carboxylic acid groups (broad SMARTS) is 1. The molecule has 6 nitrogen and oxygen atoms in total. The first-order chi connectivity index (χ1) is 8.82. The van der Waals surface area contributed by atoms with Crippen LogP contribution in [0.15, 0.2) is 18.2 Å². The first-order valence-electron chi connectivity index (χ1n) is 5.06. The van der Waals surface area contributed by atoms with Crippen molar-refractivity contribution in [2.45, 2.75) is 0 Å². The van der Waals surface area contributed by atoms with Crippen LogP contribution in [0.4, 0.5) is 8.78 Å². The summed E-state index contributed by atoms with van der Waals surface area (Å²) >= 11 is 0. The number of carboxylic acids is 1. The van der Waals surface area contributed by atoms with Crippen LogP contribution in [0.1, 0.15) is 10.4 Å². The first kappa shape index (κ1) is 14.6. The van der Waals surface area contributed by atoms with Crippen molar-refractivity contribution in [3.63, 3.8) is 0 Å². The van der Waals surface area contributed by atoms with Crippen LogP contribution in [-0.4, -0.2) is 40.9 Å². The molecule has 0 aromatic heterocycles. The third kappa shape index (κ3) is 3.73. The zero-order valence-electron chi connectivity index (χ0n) is 9.60. The minimum absolute atomic E-state index is 0.451. The molecule has 0 unspecified atom stereocenters. The molecule has 0 aliphatic heterocycles. The van der Waals surface area contributed by atoms with Gasteiger partial charge in [0, 0.05) is 0 Å². The van der Waals surface area contributed by atoms with Gasteiger partial charge in [0.15, 0.2) is 0 Å². The highest BCUT2D eigenvalue weighted by molar-refractivity contribution is 5.98. The Balaban J connectivity index is 3.11. The van der Waals surface area contributed by atoms with Crippen molar-refractivity contribution in [2.75, 3.05) is 13.1 Å². The number of hydrogen-bond donors (Lipinski definition) is 2. The van der Waals surface area contributed by atoms with Crippen molar-refractivity contribution in [3.05, 3.63) is 35.4 Å². The number of benzene rings is 1. The Kier molecular flexibility index (Phi) is 4.51. The van der Waals surface area contributed by atoms with Crippen molar-refractivity contribution >= 4 is 17.8 Å². The molecule has 1 rings (SSSR count). The number of hydrogen-bond acceptors (Lipinski definition) is 3. The summed E-state index contributed by atoms with van der Waals surface area (Å²) in [6.45, 7) is -1.64. The number of nitrogens with two attached hydrogens (primary N) is 1. The number of aliphatic carboxylic acids is 1. The largest absolute Gasteiger partial charge is 0.480 e. The summed E-state index contributed by atoms with van der Waals surface area (Å²) in [4.78, 5) is 33.6. The van der Waals surface area contributed by atoms with Gasteiger partial charge in [0.2, 0.25) is 5.91 Å². The van der Waals surface area contributed by atoms with E-state index in [1.165, 1.54) is 0 Å². The second-order valence-electron chi connectivity index (χ2n) is 3.62. The maximum atomic E-state index is 13.4. The highest BCUT2D eigenvalue weighted by Crippen LogP contribution is 2.14. The van der Waals surface area contributed by atoms with E-state index in [4.69, 9.17) is 10.8 Å². The van der Waals surface area contributed by atoms with E-state index in [9.17, 15) is 23.2 Å². The van der Waals surface area contributed by atoms with Crippen molar-refractivity contribution in [3.8, 4) is 0 Å². The van der Waals surface area contributed by atoms with Gasteiger partial charge in [-0.3, -0.25) is 14.4 Å². The highest BCUT2D eigenvalue weighted by Gasteiger charge is 2.25. The van der Waals surface area contributed by atoms with E-state index < -0.39 is 48.1 Å². The molecule has 2 amide bonds. The molecular weight excluding hydrogens is 262 g/mol. The SMILES string of the molecule is NC(=O)CN(CC(=O)O)C(=O)c1c(F)cccc1F. The molecular formula is C11H10F2N2O4. The van der Waals surface area contributed by atoms with E-state index in [1.54, 1.807) is 0 Å². The fraction of sp³-hybridized carbons (Fsp3) is 0.182. The van der Waals surface area contributed by atoms with Crippen molar-refractivity contribution in [1.82, 2.24) is 4.90 Å². The standard InChI is InChI=1S/C11H10F2N2O4/c12-6-2-1-3-7(13)10(6)11(19)15(4-8(14)16)5-9(17)18/h1-3H,4-5H2,(H2,14,16)(H,17,18). The van der Waals surface area contributed by atoms with Gasteiger partial charge in [-0.1, -0.05) is 6.07 Å². The molecule has 0 heterocycles. The van der Waals surface area contributed by atoms with E-state index in [0.29, 0.717) is 4.90 Å². The Hall–Kier alpha value is -2.51. The van der Waals surface area contributed by atoms with Crippen LogP contribution < -0.4 is 5.73 Å². The lowest BCUT2D eigenvalue weighted by Gasteiger charge is -2.19. The average Bonchev–Trinajstić information content (AvgIpc) is 2.26. The van der Waals surface area contributed by atoms with Gasteiger partial charge < -0.3 is 15.7 Å². The zero-order valence-corrected chi connectivity index (χ0v) is 9.60. The van der Waals surface area contributed by atoms with Gasteiger partial charge >= 0.3 is 5.97 Å². The van der Waals surface area contributed by atoms with Crippen molar-refractivity contribution in [1.29, 1.82) is 0 Å². The molecule has 1 aromatic rings. The summed E-state index contributed by atoms with van der Waals surface area (Å²) in [5, 5.41) is 8.60. The average molecular weight is 272 g/mol. The number of primary amides is 1. The number of rotatable bonds is 5. The second kappa shape index (κ2) is 5.89. The predicted octanol–water partition coefficient (Wildman–Crippen LogP) is -0.0231. The molecule has 0 radical (unpaired) electrons. The molecule has 8 heteroatoms. The molecule has 0 aliphatic carbocycles. The molecule has 3 N–H and O–H groups in total. The third-order valence-corrected chi connectivity index (χ3v) is 2.14. The Morgan fingerprint density at radius 2 is 1.68 bits per heavy atom. The fourth-order valence-corrected chi connectivity index (χ4v) is 1.41. The van der Waals surface area contributed by atoms with E-state index >= 15 is 0 Å². The fourth-order valence-electron chi connectivity index (χ4n) is 1.41. The van der Waals surface area contributed by atoms with E-state index in [2.05, 4.69) is 0 Å². The van der Waals surface area contributed by atoms with Crippen molar-refractivity contribution < 1.29 is 28.3 Å². The lowest BCUT2D eigenvalue weighted by atomic mass is 10.1. The van der Waals surface area contributed by atoms with Gasteiger partial charge in [0.05, 0.1) is 0 Å². The summed E-state index contributed by atoms with van der Waals surface area (Å²) in [6.07, 6.45) is 0. The molecule has 0 fully saturated rings. The van der Waals surface area contributed by atoms with Crippen LogP contribution in [0.3, 0.4) is 0 Å². The quantitative estimate of drug-likeness (QED) is 0.786. The molecule has 102 valence electrons. The lowest BCUT2D eigenvalue weighted by molar-refractivity contribution is -0.138. The molecule has 0 saturated heterocycles. The maximum absolute atomic E-state index is 13.4. The van der Waals surface area contributed by atoms with E-state index in [-0.39, 0.29) is 0 Å². The van der Waals surface area contributed by atoms with E-state index in [1.807, 2.05) is 0 Å². The molecule has 0 aliphatic rings. The van der Waals surface area contributed by atoms with E-state index in [0.717, 1.165) is 18.2 Å². The van der Waals surface area contributed by atoms with Gasteiger partial charge in [0.25, 0.3) is 5.91 Å². The Labute approximate surface area is 106 Å². The van der Waals surface area contributed by atoms with Crippen LogP contribution >= 0.6 is 0 Å². The van der Waals surface area contributed by atoms with Gasteiger partial charge in [-0.05, 0) is 12.1 Å². The molecule has 0 atom stereocenters. The summed E-state index contributed by atoms with van der Waals surface area (Å²) in [7, 11) is 0. The number of carbonyl (C=O) groups is 3. The normalized spacial score (nSPS) is 10.0. The molecule has 1 aromatic carbocycles. The van der Waals surface area contributed by atoms with Crippen LogP contribution in [0.25, 0.3) is 0 Å². The minimum atomic E-state index is -1.44. The lowest BCUT2D eigenvalue weighted by Crippen LogP contribution is -2.42. The molecule has 19 heavy (non-hydrogen) atoms. The summed E-state index contributed by atoms with van der Waals surface area (Å²) in [5.74, 6) is -5.98. The predicted molar refractivity (Wildman–Crippen MR) is 59.1 cm³/mol. The smallest absolute Gasteiger partial charge is 0.323 e. The van der Waals surface area contributed by atoms with Gasteiger partial charge in [-0.15, -0.1) is 0 Å². The van der Waals surface area contributed by atoms with Crippen LogP contribution in [0.5, 0.6) is 0 Å². The minimum Gasteiger partial charge on any atom is -0.480 e. The maximum Gasteiger partial charge on any atom is 0.323 e. The molecule has 0 spiro atoms. The van der Waals surface area contributed by atoms with Gasteiger partial charge in [-0.25, -0.2) is 8.78 Å². The Morgan fingerprint density at radius 3 is 2.11 bits per heavy atom. The Morgan fingerprint density at radius 1 is 1.16 bits per heavy atom. The summed E-state index contributed by atoms with van der Waals surface area (Å²) in [6, 6.07) is 2.75. The number of amides is 2. The second-order valence-corrected chi connectivity index (χ2v) is 3.62. The number of carbonyl (C=O) groups excluding carboxylic acids is 2.